The molecule has 41 heavy (non-hydrogen) atoms. The highest BCUT2D eigenvalue weighted by molar-refractivity contribution is 5.74. The van der Waals surface area contributed by atoms with Gasteiger partial charge in [-0.05, 0) is 77.3 Å². The third-order valence-electron chi connectivity index (χ3n) is 9.68. The van der Waals surface area contributed by atoms with Gasteiger partial charge in [-0.25, -0.2) is 14.6 Å². The van der Waals surface area contributed by atoms with Crippen molar-refractivity contribution in [2.75, 3.05) is 26.2 Å². The maximum Gasteiger partial charge on any atom is 0.410 e. The Balaban J connectivity index is 1.16. The highest BCUT2D eigenvalue weighted by Crippen LogP contribution is 2.55. The monoisotopic (exact) mass is 562 g/mol. The number of piperidine rings is 2. The third-order valence-corrected chi connectivity index (χ3v) is 9.68. The molecule has 3 aliphatic heterocycles. The van der Waals surface area contributed by atoms with Gasteiger partial charge in [-0.1, -0.05) is 12.1 Å². The number of hydrogen-bond acceptors (Lipinski definition) is 6. The van der Waals surface area contributed by atoms with Crippen LogP contribution in [0.15, 0.2) is 24.3 Å². The summed E-state index contributed by atoms with van der Waals surface area (Å²) >= 11 is 0. The predicted octanol–water partition coefficient (Wildman–Crippen LogP) is 5.96. The molecular weight excluding hydrogens is 520 g/mol. The molecule has 2 aliphatic carbocycles. The number of carbonyl (C=O) groups excluding carboxylic acids is 2. The first kappa shape index (κ1) is 26.7. The van der Waals surface area contributed by atoms with Crippen LogP contribution in [0.5, 0.6) is 5.75 Å². The third kappa shape index (κ3) is 4.75. The lowest BCUT2D eigenvalue weighted by atomic mass is 9.83. The van der Waals surface area contributed by atoms with Crippen molar-refractivity contribution < 1.29 is 23.8 Å². The molecule has 4 heterocycles. The van der Waals surface area contributed by atoms with Gasteiger partial charge in [0, 0.05) is 56.5 Å². The SMILES string of the molecule is Cn1c(C2CCN(C(=O)OC(C)(C)C)C3(CC3)C2)nc2c1C1(CCN(C(=O)OCC3CC3)CC1)Oc1ccccc1-2. The molecule has 1 unspecified atom stereocenters. The van der Waals surface area contributed by atoms with Crippen LogP contribution < -0.4 is 4.74 Å². The molecule has 9 heteroatoms. The van der Waals surface area contributed by atoms with Crippen LogP contribution in [0.2, 0.25) is 0 Å². The molecule has 2 aromatic rings. The highest BCUT2D eigenvalue weighted by Gasteiger charge is 2.56. The van der Waals surface area contributed by atoms with Crippen LogP contribution in [0.25, 0.3) is 11.3 Å². The summed E-state index contributed by atoms with van der Waals surface area (Å²) in [5.74, 6) is 2.71. The molecule has 4 fully saturated rings. The van der Waals surface area contributed by atoms with E-state index in [1.807, 2.05) is 48.8 Å². The molecule has 1 aromatic heterocycles. The van der Waals surface area contributed by atoms with E-state index < -0.39 is 11.2 Å². The molecule has 220 valence electrons. The number of amides is 2. The number of likely N-dealkylation sites (tertiary alicyclic amines) is 2. The van der Waals surface area contributed by atoms with Gasteiger partial charge in [0.25, 0.3) is 0 Å². The van der Waals surface area contributed by atoms with Crippen LogP contribution in [-0.4, -0.2) is 68.9 Å². The quantitative estimate of drug-likeness (QED) is 0.459. The number of rotatable bonds is 3. The van der Waals surface area contributed by atoms with E-state index in [2.05, 4.69) is 17.7 Å². The Morgan fingerprint density at radius 2 is 1.76 bits per heavy atom. The number of benzene rings is 1. The molecule has 2 amide bonds. The zero-order valence-corrected chi connectivity index (χ0v) is 24.8. The maximum absolute atomic E-state index is 13.1. The lowest BCUT2D eigenvalue weighted by Gasteiger charge is -2.44. The fraction of sp³-hybridized carbons (Fsp3) is 0.656. The number of imidazole rings is 1. The topological polar surface area (TPSA) is 86.1 Å². The number of ether oxygens (including phenoxy) is 3. The van der Waals surface area contributed by atoms with Crippen LogP contribution in [0, 0.1) is 5.92 Å². The Morgan fingerprint density at radius 3 is 2.44 bits per heavy atom. The van der Waals surface area contributed by atoms with E-state index in [1.54, 1.807) is 0 Å². The van der Waals surface area contributed by atoms with Crippen molar-refractivity contribution in [3.8, 4) is 17.0 Å². The fourth-order valence-corrected chi connectivity index (χ4v) is 7.19. The van der Waals surface area contributed by atoms with Crippen molar-refractivity contribution >= 4 is 12.2 Å². The molecule has 2 saturated heterocycles. The van der Waals surface area contributed by atoms with Gasteiger partial charge in [-0.2, -0.15) is 0 Å². The molecule has 2 spiro atoms. The van der Waals surface area contributed by atoms with E-state index in [0.29, 0.717) is 45.0 Å². The lowest BCUT2D eigenvalue weighted by Crippen LogP contribution is -2.50. The van der Waals surface area contributed by atoms with Crippen molar-refractivity contribution in [2.45, 2.75) is 94.8 Å². The van der Waals surface area contributed by atoms with Crippen molar-refractivity contribution in [2.24, 2.45) is 13.0 Å². The number of aromatic nitrogens is 2. The van der Waals surface area contributed by atoms with E-state index in [-0.39, 0.29) is 23.6 Å². The normalized spacial score (nSPS) is 24.0. The second-order valence-electron chi connectivity index (χ2n) is 13.9. The van der Waals surface area contributed by atoms with E-state index in [1.165, 1.54) is 0 Å². The summed E-state index contributed by atoms with van der Waals surface area (Å²) < 4.78 is 20.5. The van der Waals surface area contributed by atoms with Crippen LogP contribution in [-0.2, 0) is 22.1 Å². The van der Waals surface area contributed by atoms with E-state index in [4.69, 9.17) is 19.2 Å². The Bertz CT molecular complexity index is 1360. The number of hydrogen-bond donors (Lipinski definition) is 0. The van der Waals surface area contributed by atoms with Crippen molar-refractivity contribution in [3.63, 3.8) is 0 Å². The summed E-state index contributed by atoms with van der Waals surface area (Å²) in [7, 11) is 2.12. The second-order valence-corrected chi connectivity index (χ2v) is 13.9. The zero-order chi connectivity index (χ0) is 28.6. The summed E-state index contributed by atoms with van der Waals surface area (Å²) in [6.45, 7) is 8.15. The summed E-state index contributed by atoms with van der Waals surface area (Å²) in [5, 5.41) is 0. The minimum absolute atomic E-state index is 0.129. The molecule has 1 aromatic carbocycles. The Hall–Kier alpha value is -3.23. The fourth-order valence-electron chi connectivity index (χ4n) is 7.19. The van der Waals surface area contributed by atoms with Gasteiger partial charge >= 0.3 is 12.2 Å². The summed E-state index contributed by atoms with van der Waals surface area (Å²) in [5.41, 5.74) is 1.94. The second kappa shape index (κ2) is 9.39. The summed E-state index contributed by atoms with van der Waals surface area (Å²) in [6.07, 6.45) is 7.06. The molecule has 0 bridgehead atoms. The average Bonchev–Trinajstić information content (AvgIpc) is 3.86. The summed E-state index contributed by atoms with van der Waals surface area (Å²) in [6, 6.07) is 8.17. The standard InChI is InChI=1S/C32H42N4O5/c1-30(2,3)41-29(38)36-16-11-22(19-31(36)12-13-31)27-33-25-23-7-5-6-8-24(23)40-32(26(25)34(27)4)14-17-35(18-15-32)28(37)39-20-21-9-10-21/h5-8,21-22H,9-20H2,1-4H3. The van der Waals surface area contributed by atoms with Crippen LogP contribution in [0.3, 0.4) is 0 Å². The van der Waals surface area contributed by atoms with Crippen LogP contribution in [0.1, 0.15) is 89.6 Å². The zero-order valence-electron chi connectivity index (χ0n) is 24.8. The molecular formula is C32H42N4O5. The maximum atomic E-state index is 13.1. The first-order valence-corrected chi connectivity index (χ1v) is 15.4. The van der Waals surface area contributed by atoms with Gasteiger partial charge in [0.05, 0.1) is 18.0 Å². The van der Waals surface area contributed by atoms with Gasteiger partial charge in [0.1, 0.15) is 17.2 Å². The Morgan fingerprint density at radius 1 is 1.02 bits per heavy atom. The molecule has 0 radical (unpaired) electrons. The van der Waals surface area contributed by atoms with E-state index in [0.717, 1.165) is 67.1 Å². The predicted molar refractivity (Wildman–Crippen MR) is 153 cm³/mol. The summed E-state index contributed by atoms with van der Waals surface area (Å²) in [4.78, 5) is 35.0. The van der Waals surface area contributed by atoms with Crippen molar-refractivity contribution in [1.82, 2.24) is 19.4 Å². The molecule has 9 nitrogen and oxygen atoms in total. The smallest absolute Gasteiger partial charge is 0.410 e. The van der Waals surface area contributed by atoms with Gasteiger partial charge in [-0.3, -0.25) is 0 Å². The highest BCUT2D eigenvalue weighted by atomic mass is 16.6. The minimum atomic E-state index is -0.550. The first-order chi connectivity index (χ1) is 19.6. The van der Waals surface area contributed by atoms with Gasteiger partial charge in [-0.15, -0.1) is 0 Å². The molecule has 0 N–H and O–H groups in total. The Kier molecular flexibility index (Phi) is 6.11. The number of nitrogens with zero attached hydrogens (tertiary/aromatic N) is 4. The number of para-hydroxylation sites is 1. The molecule has 1 atom stereocenters. The van der Waals surface area contributed by atoms with E-state index >= 15 is 0 Å². The van der Waals surface area contributed by atoms with Gasteiger partial charge in [0.2, 0.25) is 0 Å². The Labute approximate surface area is 242 Å². The van der Waals surface area contributed by atoms with Gasteiger partial charge < -0.3 is 28.6 Å². The molecule has 2 saturated carbocycles. The van der Waals surface area contributed by atoms with Crippen LogP contribution in [0.4, 0.5) is 9.59 Å². The van der Waals surface area contributed by atoms with Crippen LogP contribution >= 0.6 is 0 Å². The molecule has 7 rings (SSSR count). The first-order valence-electron chi connectivity index (χ1n) is 15.4. The molecule has 5 aliphatic rings. The lowest BCUT2D eigenvalue weighted by molar-refractivity contribution is -0.0112. The minimum Gasteiger partial charge on any atom is -0.480 e. The van der Waals surface area contributed by atoms with Crippen molar-refractivity contribution in [3.05, 3.63) is 35.8 Å². The number of carbonyl (C=O) groups is 2. The number of fused-ring (bicyclic) bond motifs is 4. The van der Waals surface area contributed by atoms with Gasteiger partial charge in [0.15, 0.2) is 5.60 Å². The van der Waals surface area contributed by atoms with E-state index in [9.17, 15) is 9.59 Å². The average molecular weight is 563 g/mol. The largest absolute Gasteiger partial charge is 0.480 e. The van der Waals surface area contributed by atoms with Crippen molar-refractivity contribution in [1.29, 1.82) is 0 Å².